The molecule has 0 saturated heterocycles. The Morgan fingerprint density at radius 1 is 1.12 bits per heavy atom. The van der Waals surface area contributed by atoms with Gasteiger partial charge < -0.3 is 19.8 Å². The molecule has 1 amide bonds. The van der Waals surface area contributed by atoms with Crippen LogP contribution in [0.3, 0.4) is 0 Å². The molecular formula is C24H27N3O5. The number of rotatable bonds is 4. The number of methoxy groups -OCH3 is 1. The molecule has 4 rings (SSSR count). The van der Waals surface area contributed by atoms with Crippen LogP contribution in [0.1, 0.15) is 43.6 Å². The van der Waals surface area contributed by atoms with E-state index in [0.717, 1.165) is 11.1 Å². The normalized spacial score (nSPS) is 14.4. The average Bonchev–Trinajstić information content (AvgIpc) is 3.04. The van der Waals surface area contributed by atoms with E-state index in [1.807, 2.05) is 58.9 Å². The Morgan fingerprint density at radius 2 is 1.78 bits per heavy atom. The molecule has 168 valence electrons. The summed E-state index contributed by atoms with van der Waals surface area (Å²) in [6.45, 7) is 9.29. The van der Waals surface area contributed by atoms with Crippen molar-refractivity contribution >= 4 is 28.6 Å². The zero-order chi connectivity index (χ0) is 23.4. The number of aryl methyl sites for hydroxylation is 1. The summed E-state index contributed by atoms with van der Waals surface area (Å²) in [6, 6.07) is 7.82. The van der Waals surface area contributed by atoms with Crippen LogP contribution in [0, 0.1) is 13.8 Å². The third-order valence-electron chi connectivity index (χ3n) is 5.57. The fourth-order valence-electron chi connectivity index (χ4n) is 4.21. The number of H-pyrrole nitrogens is 1. The smallest absolute Gasteiger partial charge is 0.339 e. The molecule has 0 radical (unpaired) electrons. The summed E-state index contributed by atoms with van der Waals surface area (Å²) in [5, 5.41) is 2.88. The molecule has 2 heterocycles. The van der Waals surface area contributed by atoms with Gasteiger partial charge in [0.15, 0.2) is 6.10 Å². The largest absolute Gasteiger partial charge is 0.467 e. The number of hydrogen-bond donors (Lipinski definition) is 2. The number of aromatic amines is 1. The van der Waals surface area contributed by atoms with Crippen molar-refractivity contribution in [3.63, 3.8) is 0 Å². The van der Waals surface area contributed by atoms with E-state index in [2.05, 4.69) is 10.3 Å². The molecule has 0 bridgehead atoms. The summed E-state index contributed by atoms with van der Waals surface area (Å²) in [4.78, 5) is 41.0. The molecule has 1 aliphatic heterocycles. The lowest BCUT2D eigenvalue weighted by Crippen LogP contribution is -2.31. The topological polar surface area (TPSA) is 102 Å². The van der Waals surface area contributed by atoms with E-state index in [4.69, 9.17) is 9.47 Å². The Labute approximate surface area is 185 Å². The van der Waals surface area contributed by atoms with Gasteiger partial charge in [0.05, 0.1) is 29.4 Å². The molecule has 32 heavy (non-hydrogen) atoms. The van der Waals surface area contributed by atoms with Crippen LogP contribution >= 0.6 is 0 Å². The summed E-state index contributed by atoms with van der Waals surface area (Å²) in [7, 11) is 1.31. The summed E-state index contributed by atoms with van der Waals surface area (Å²) < 4.78 is 12.7. The van der Waals surface area contributed by atoms with Crippen molar-refractivity contribution in [1.29, 1.82) is 0 Å². The fraction of sp³-hybridized carbons (Fsp3) is 0.375. The highest BCUT2D eigenvalue weighted by Crippen LogP contribution is 2.44. The fourth-order valence-corrected chi connectivity index (χ4v) is 4.21. The van der Waals surface area contributed by atoms with E-state index >= 15 is 0 Å². The van der Waals surface area contributed by atoms with Crippen LogP contribution in [0.25, 0.3) is 22.2 Å². The SMILES string of the molecule is COC(=O)[C@@H](OC(C)(C)C)c1c(C)c2c3c([nH]c(=O)n3CC(=O)N2)c1-c1ccc(C)cc1. The number of anilines is 1. The Kier molecular flexibility index (Phi) is 5.21. The van der Waals surface area contributed by atoms with Crippen LogP contribution in [0.15, 0.2) is 29.1 Å². The third-order valence-corrected chi connectivity index (χ3v) is 5.57. The van der Waals surface area contributed by atoms with Crippen molar-refractivity contribution in [3.05, 3.63) is 51.4 Å². The van der Waals surface area contributed by atoms with Crippen molar-refractivity contribution in [2.24, 2.45) is 0 Å². The maximum atomic E-state index is 13.0. The monoisotopic (exact) mass is 437 g/mol. The summed E-state index contributed by atoms with van der Waals surface area (Å²) in [5.41, 5.74) is 4.36. The molecule has 1 atom stereocenters. The van der Waals surface area contributed by atoms with Crippen molar-refractivity contribution < 1.29 is 19.1 Å². The Morgan fingerprint density at radius 3 is 2.38 bits per heavy atom. The van der Waals surface area contributed by atoms with Crippen LogP contribution in [0.2, 0.25) is 0 Å². The average molecular weight is 437 g/mol. The van der Waals surface area contributed by atoms with Gasteiger partial charge in [-0.15, -0.1) is 0 Å². The molecule has 0 saturated carbocycles. The number of carbonyl (C=O) groups excluding carboxylic acids is 2. The first kappa shape index (κ1) is 21.8. The van der Waals surface area contributed by atoms with Gasteiger partial charge >= 0.3 is 11.7 Å². The Balaban J connectivity index is 2.16. The molecule has 1 aromatic heterocycles. The molecule has 3 aromatic rings. The zero-order valence-electron chi connectivity index (χ0n) is 19.1. The van der Waals surface area contributed by atoms with Crippen LogP contribution in [0.5, 0.6) is 0 Å². The number of carbonyl (C=O) groups is 2. The van der Waals surface area contributed by atoms with Gasteiger partial charge in [0.25, 0.3) is 0 Å². The molecule has 0 fully saturated rings. The number of amides is 1. The van der Waals surface area contributed by atoms with Gasteiger partial charge in [-0.1, -0.05) is 29.8 Å². The molecule has 2 N–H and O–H groups in total. The third kappa shape index (κ3) is 3.60. The lowest BCUT2D eigenvalue weighted by atomic mass is 9.88. The van der Waals surface area contributed by atoms with Crippen LogP contribution < -0.4 is 11.0 Å². The highest BCUT2D eigenvalue weighted by atomic mass is 16.6. The number of nitrogens with zero attached hydrogens (tertiary/aromatic N) is 1. The maximum Gasteiger partial charge on any atom is 0.339 e. The first-order chi connectivity index (χ1) is 15.0. The van der Waals surface area contributed by atoms with Gasteiger partial charge in [-0.05, 0) is 45.7 Å². The van der Waals surface area contributed by atoms with E-state index in [1.54, 1.807) is 0 Å². The van der Waals surface area contributed by atoms with Crippen molar-refractivity contribution in [2.45, 2.75) is 52.9 Å². The van der Waals surface area contributed by atoms with E-state index < -0.39 is 17.7 Å². The molecule has 0 spiro atoms. The number of nitrogens with one attached hydrogen (secondary N) is 2. The summed E-state index contributed by atoms with van der Waals surface area (Å²) in [6.07, 6.45) is -1.07. The second-order valence-corrected chi connectivity index (χ2v) is 9.08. The van der Waals surface area contributed by atoms with Crippen LogP contribution in [-0.4, -0.2) is 34.1 Å². The number of ether oxygens (including phenoxy) is 2. The molecule has 8 nitrogen and oxygen atoms in total. The molecule has 2 aromatic carbocycles. The number of benzene rings is 2. The van der Waals surface area contributed by atoms with Crippen molar-refractivity contribution in [1.82, 2.24) is 9.55 Å². The van der Waals surface area contributed by atoms with E-state index in [-0.39, 0.29) is 18.1 Å². The van der Waals surface area contributed by atoms with E-state index in [9.17, 15) is 14.4 Å². The van der Waals surface area contributed by atoms with Gasteiger partial charge in [0, 0.05) is 11.1 Å². The minimum Gasteiger partial charge on any atom is -0.467 e. The van der Waals surface area contributed by atoms with Crippen LogP contribution in [0.4, 0.5) is 5.69 Å². The molecule has 8 heteroatoms. The highest BCUT2D eigenvalue weighted by molar-refractivity contribution is 6.10. The van der Waals surface area contributed by atoms with Gasteiger partial charge in [-0.3, -0.25) is 9.36 Å². The quantitative estimate of drug-likeness (QED) is 0.607. The lowest BCUT2D eigenvalue weighted by Gasteiger charge is -2.30. The number of esters is 1. The van der Waals surface area contributed by atoms with Gasteiger partial charge in [0.1, 0.15) is 6.54 Å². The highest BCUT2D eigenvalue weighted by Gasteiger charge is 2.36. The minimum atomic E-state index is -1.07. The van der Waals surface area contributed by atoms with Crippen LogP contribution in [-0.2, 0) is 25.6 Å². The zero-order valence-corrected chi connectivity index (χ0v) is 19.1. The second-order valence-electron chi connectivity index (χ2n) is 9.08. The predicted molar refractivity (Wildman–Crippen MR) is 122 cm³/mol. The van der Waals surface area contributed by atoms with Gasteiger partial charge in [0.2, 0.25) is 5.91 Å². The second kappa shape index (κ2) is 7.63. The Bertz CT molecular complexity index is 1290. The predicted octanol–water partition coefficient (Wildman–Crippen LogP) is 3.59. The lowest BCUT2D eigenvalue weighted by molar-refractivity contribution is -0.164. The molecule has 0 aliphatic carbocycles. The molecule has 0 unspecified atom stereocenters. The first-order valence-electron chi connectivity index (χ1n) is 10.4. The standard InChI is InChI=1S/C24H27N3O5/c1-12-7-9-14(10-8-12)17-16(21(22(29)31-6)32-24(3,4)5)13(2)18-20-19(17)26-23(30)27(20)11-15(28)25-18/h7-10,21H,11H2,1-6H3,(H,25,28)(H,26,30)/t21-/m0/s1. The number of aromatic nitrogens is 2. The maximum absolute atomic E-state index is 13.0. The number of imidazole rings is 1. The Hall–Kier alpha value is -3.39. The van der Waals surface area contributed by atoms with Crippen molar-refractivity contribution in [2.75, 3.05) is 12.4 Å². The minimum absolute atomic E-state index is 0.0725. The summed E-state index contributed by atoms with van der Waals surface area (Å²) >= 11 is 0. The molecular weight excluding hydrogens is 410 g/mol. The molecule has 1 aliphatic rings. The van der Waals surface area contributed by atoms with Gasteiger partial charge in [-0.25, -0.2) is 9.59 Å². The van der Waals surface area contributed by atoms with Crippen molar-refractivity contribution in [3.8, 4) is 11.1 Å². The van der Waals surface area contributed by atoms with E-state index in [0.29, 0.717) is 33.4 Å². The first-order valence-corrected chi connectivity index (χ1v) is 10.4. The van der Waals surface area contributed by atoms with E-state index in [1.165, 1.54) is 11.7 Å². The number of hydrogen-bond acceptors (Lipinski definition) is 5. The summed E-state index contributed by atoms with van der Waals surface area (Å²) in [5.74, 6) is -0.865. The van der Waals surface area contributed by atoms with Gasteiger partial charge in [-0.2, -0.15) is 0 Å².